The van der Waals surface area contributed by atoms with E-state index in [-0.39, 0.29) is 11.7 Å². The SMILES string of the molecule is Cc1ccccc1CS(=O)(=O)N1CCCN(C(=O)c2ccncc2)CC1. The molecule has 1 fully saturated rings. The van der Waals surface area contributed by atoms with Crippen LogP contribution in [0.3, 0.4) is 0 Å². The number of hydrogen-bond acceptors (Lipinski definition) is 4. The minimum atomic E-state index is -3.41. The number of hydrogen-bond donors (Lipinski definition) is 0. The summed E-state index contributed by atoms with van der Waals surface area (Å²) >= 11 is 0. The van der Waals surface area contributed by atoms with E-state index in [2.05, 4.69) is 4.98 Å². The van der Waals surface area contributed by atoms with Crippen molar-refractivity contribution in [2.45, 2.75) is 19.1 Å². The van der Waals surface area contributed by atoms with Crippen molar-refractivity contribution in [2.75, 3.05) is 26.2 Å². The number of pyridine rings is 1. The molecule has 6 nitrogen and oxygen atoms in total. The van der Waals surface area contributed by atoms with Gasteiger partial charge in [-0.15, -0.1) is 0 Å². The van der Waals surface area contributed by atoms with Crippen molar-refractivity contribution in [1.82, 2.24) is 14.2 Å². The topological polar surface area (TPSA) is 70.6 Å². The Balaban J connectivity index is 1.68. The molecule has 7 heteroatoms. The summed E-state index contributed by atoms with van der Waals surface area (Å²) in [5, 5.41) is 0. The Bertz CT molecular complexity index is 869. The molecule has 1 aliphatic heterocycles. The number of nitrogens with zero attached hydrogens (tertiary/aromatic N) is 3. The van der Waals surface area contributed by atoms with Gasteiger partial charge in [-0.2, -0.15) is 4.31 Å². The van der Waals surface area contributed by atoms with Gasteiger partial charge in [0.15, 0.2) is 0 Å². The molecule has 1 amide bonds. The number of carbonyl (C=O) groups is 1. The summed E-state index contributed by atoms with van der Waals surface area (Å²) in [5.41, 5.74) is 2.37. The Morgan fingerprint density at radius 1 is 1.04 bits per heavy atom. The molecule has 0 bridgehead atoms. The number of carbonyl (C=O) groups excluding carboxylic acids is 1. The van der Waals surface area contributed by atoms with Crippen molar-refractivity contribution in [1.29, 1.82) is 0 Å². The highest BCUT2D eigenvalue weighted by Gasteiger charge is 2.27. The lowest BCUT2D eigenvalue weighted by Crippen LogP contribution is -2.37. The van der Waals surface area contributed by atoms with Crippen LogP contribution in [0.25, 0.3) is 0 Å². The molecule has 0 spiro atoms. The number of rotatable bonds is 4. The molecule has 0 saturated carbocycles. The van der Waals surface area contributed by atoms with Crippen LogP contribution in [0, 0.1) is 6.92 Å². The fraction of sp³-hybridized carbons (Fsp3) is 0.368. The second-order valence-corrected chi connectivity index (χ2v) is 8.43. The van der Waals surface area contributed by atoms with Crippen LogP contribution in [-0.4, -0.2) is 54.7 Å². The van der Waals surface area contributed by atoms with E-state index in [1.165, 1.54) is 4.31 Å². The Hall–Kier alpha value is -2.25. The molecule has 3 rings (SSSR count). The van der Waals surface area contributed by atoms with Crippen molar-refractivity contribution in [3.8, 4) is 0 Å². The molecular weight excluding hydrogens is 350 g/mol. The van der Waals surface area contributed by atoms with Gasteiger partial charge in [-0.3, -0.25) is 9.78 Å². The van der Waals surface area contributed by atoms with E-state index in [4.69, 9.17) is 0 Å². The Labute approximate surface area is 154 Å². The predicted molar refractivity (Wildman–Crippen MR) is 100 cm³/mol. The van der Waals surface area contributed by atoms with E-state index in [0.717, 1.165) is 11.1 Å². The van der Waals surface area contributed by atoms with Gasteiger partial charge in [-0.05, 0) is 36.6 Å². The lowest BCUT2D eigenvalue weighted by Gasteiger charge is -2.22. The molecule has 2 aromatic rings. The normalized spacial score (nSPS) is 16.3. The first-order valence-electron chi connectivity index (χ1n) is 8.69. The van der Waals surface area contributed by atoms with Crippen molar-refractivity contribution < 1.29 is 13.2 Å². The molecule has 0 atom stereocenters. The number of amides is 1. The van der Waals surface area contributed by atoms with Crippen LogP contribution < -0.4 is 0 Å². The summed E-state index contributed by atoms with van der Waals surface area (Å²) in [6.07, 6.45) is 3.80. The monoisotopic (exact) mass is 373 g/mol. The van der Waals surface area contributed by atoms with Crippen LogP contribution in [0.2, 0.25) is 0 Å². The maximum Gasteiger partial charge on any atom is 0.254 e. The zero-order valence-corrected chi connectivity index (χ0v) is 15.7. The maximum atomic E-state index is 12.8. The summed E-state index contributed by atoms with van der Waals surface area (Å²) in [6, 6.07) is 10.9. The molecule has 26 heavy (non-hydrogen) atoms. The fourth-order valence-corrected chi connectivity index (χ4v) is 4.78. The summed E-state index contributed by atoms with van der Waals surface area (Å²) < 4.78 is 27.2. The highest BCUT2D eigenvalue weighted by atomic mass is 32.2. The van der Waals surface area contributed by atoms with Gasteiger partial charge in [0.05, 0.1) is 5.75 Å². The van der Waals surface area contributed by atoms with Crippen LogP contribution in [0.15, 0.2) is 48.8 Å². The number of sulfonamides is 1. The van der Waals surface area contributed by atoms with Gasteiger partial charge in [-0.1, -0.05) is 24.3 Å². The van der Waals surface area contributed by atoms with Crippen LogP contribution >= 0.6 is 0 Å². The Morgan fingerprint density at radius 2 is 1.77 bits per heavy atom. The number of aryl methyl sites for hydroxylation is 1. The molecule has 0 aliphatic carbocycles. The maximum absolute atomic E-state index is 12.8. The van der Waals surface area contributed by atoms with Crippen molar-refractivity contribution in [3.05, 3.63) is 65.5 Å². The summed E-state index contributed by atoms with van der Waals surface area (Å²) in [7, 11) is -3.41. The van der Waals surface area contributed by atoms with Gasteiger partial charge in [0.1, 0.15) is 0 Å². The molecule has 1 aromatic carbocycles. The highest BCUT2D eigenvalue weighted by molar-refractivity contribution is 7.88. The molecule has 2 heterocycles. The average molecular weight is 373 g/mol. The minimum absolute atomic E-state index is 0.00201. The van der Waals surface area contributed by atoms with Crippen LogP contribution in [0.5, 0.6) is 0 Å². The van der Waals surface area contributed by atoms with E-state index >= 15 is 0 Å². The van der Waals surface area contributed by atoms with Gasteiger partial charge < -0.3 is 4.90 Å². The standard InChI is InChI=1S/C19H23N3O3S/c1-16-5-2-3-6-18(16)15-26(24,25)22-12-4-11-21(13-14-22)19(23)17-7-9-20-10-8-17/h2-3,5-10H,4,11-15H2,1H3. The third-order valence-electron chi connectivity index (χ3n) is 4.66. The fourth-order valence-electron chi connectivity index (χ4n) is 3.11. The number of benzene rings is 1. The van der Waals surface area contributed by atoms with Gasteiger partial charge in [0.25, 0.3) is 5.91 Å². The van der Waals surface area contributed by atoms with Crippen molar-refractivity contribution in [3.63, 3.8) is 0 Å². The Morgan fingerprint density at radius 3 is 2.50 bits per heavy atom. The minimum Gasteiger partial charge on any atom is -0.337 e. The summed E-state index contributed by atoms with van der Waals surface area (Å²) in [4.78, 5) is 18.2. The zero-order valence-electron chi connectivity index (χ0n) is 14.8. The number of aromatic nitrogens is 1. The van der Waals surface area contributed by atoms with Gasteiger partial charge in [-0.25, -0.2) is 8.42 Å². The molecule has 1 aromatic heterocycles. The Kier molecular flexibility index (Phi) is 5.68. The highest BCUT2D eigenvalue weighted by Crippen LogP contribution is 2.17. The smallest absolute Gasteiger partial charge is 0.254 e. The van der Waals surface area contributed by atoms with Crippen molar-refractivity contribution >= 4 is 15.9 Å². The lowest BCUT2D eigenvalue weighted by molar-refractivity contribution is 0.0764. The van der Waals surface area contributed by atoms with E-state index < -0.39 is 10.0 Å². The third kappa shape index (κ3) is 4.28. The summed E-state index contributed by atoms with van der Waals surface area (Å²) in [6.45, 7) is 3.63. The van der Waals surface area contributed by atoms with E-state index in [1.54, 1.807) is 29.4 Å². The molecular formula is C19H23N3O3S. The van der Waals surface area contributed by atoms with Gasteiger partial charge >= 0.3 is 0 Å². The molecule has 138 valence electrons. The molecule has 0 unspecified atom stereocenters. The second kappa shape index (κ2) is 7.97. The van der Waals surface area contributed by atoms with Crippen LogP contribution in [-0.2, 0) is 15.8 Å². The first-order valence-corrected chi connectivity index (χ1v) is 10.3. The summed E-state index contributed by atoms with van der Waals surface area (Å²) in [5.74, 6) is -0.0802. The predicted octanol–water partition coefficient (Wildman–Crippen LogP) is 2.07. The van der Waals surface area contributed by atoms with E-state index in [0.29, 0.717) is 38.2 Å². The van der Waals surface area contributed by atoms with Crippen LogP contribution in [0.4, 0.5) is 0 Å². The van der Waals surface area contributed by atoms with Gasteiger partial charge in [0.2, 0.25) is 10.0 Å². The van der Waals surface area contributed by atoms with E-state index in [9.17, 15) is 13.2 Å². The van der Waals surface area contributed by atoms with Crippen LogP contribution in [0.1, 0.15) is 27.9 Å². The second-order valence-electron chi connectivity index (χ2n) is 6.46. The first-order chi connectivity index (χ1) is 12.5. The van der Waals surface area contributed by atoms with Crippen molar-refractivity contribution in [2.24, 2.45) is 0 Å². The van der Waals surface area contributed by atoms with E-state index in [1.807, 2.05) is 31.2 Å². The first kappa shape index (κ1) is 18.5. The molecule has 0 radical (unpaired) electrons. The molecule has 1 aliphatic rings. The van der Waals surface area contributed by atoms with Gasteiger partial charge in [0, 0.05) is 44.1 Å². The molecule has 1 saturated heterocycles. The molecule has 0 N–H and O–H groups in total. The zero-order chi connectivity index (χ0) is 18.6. The third-order valence-corrected chi connectivity index (χ3v) is 6.49. The quantitative estimate of drug-likeness (QED) is 0.823. The average Bonchev–Trinajstić information content (AvgIpc) is 2.90. The lowest BCUT2D eigenvalue weighted by atomic mass is 10.1. The largest absolute Gasteiger partial charge is 0.337 e.